The number of carbonyl (C=O) groups is 1. The molecule has 2 aromatic rings. The van der Waals surface area contributed by atoms with E-state index in [4.69, 9.17) is 4.74 Å². The minimum Gasteiger partial charge on any atom is -0.383 e. The van der Waals surface area contributed by atoms with Crippen molar-refractivity contribution in [3.8, 4) is 0 Å². The number of thiophene rings is 1. The highest BCUT2D eigenvalue weighted by Crippen LogP contribution is 2.20. The smallest absolute Gasteiger partial charge is 0.256 e. The van der Waals surface area contributed by atoms with Gasteiger partial charge in [-0.1, -0.05) is 0 Å². The van der Waals surface area contributed by atoms with Crippen molar-refractivity contribution >= 4 is 29.0 Å². The Bertz CT molecular complexity index is 573. The quantitative estimate of drug-likeness (QED) is 0.734. The summed E-state index contributed by atoms with van der Waals surface area (Å²) in [6.07, 6.45) is 3.64. The number of hydrogen-bond donors (Lipinski definition) is 0. The lowest BCUT2D eigenvalue weighted by molar-refractivity contribution is 0.0676. The third-order valence-electron chi connectivity index (χ3n) is 3.00. The molecule has 112 valence electrons. The summed E-state index contributed by atoms with van der Waals surface area (Å²) in [6.45, 7) is 1.67. The summed E-state index contributed by atoms with van der Waals surface area (Å²) in [6, 6.07) is 5.66. The van der Waals surface area contributed by atoms with Gasteiger partial charge in [0.1, 0.15) is 5.03 Å². The summed E-state index contributed by atoms with van der Waals surface area (Å²) in [4.78, 5) is 18.8. The molecular weight excluding hydrogens is 304 g/mol. The van der Waals surface area contributed by atoms with Crippen molar-refractivity contribution in [1.29, 1.82) is 0 Å². The number of hydrogen-bond acceptors (Lipinski definition) is 5. The van der Waals surface area contributed by atoms with E-state index in [1.54, 1.807) is 30.7 Å². The zero-order valence-electron chi connectivity index (χ0n) is 12.1. The van der Waals surface area contributed by atoms with Gasteiger partial charge < -0.3 is 9.64 Å². The molecule has 0 aliphatic rings. The van der Waals surface area contributed by atoms with E-state index in [-0.39, 0.29) is 5.91 Å². The van der Waals surface area contributed by atoms with Gasteiger partial charge in [0.25, 0.3) is 5.91 Å². The lowest BCUT2D eigenvalue weighted by Gasteiger charge is -2.22. The molecular formula is C15H18N2O2S2. The molecule has 0 N–H and O–H groups in total. The maximum absolute atomic E-state index is 12.8. The van der Waals surface area contributed by atoms with Crippen molar-refractivity contribution in [2.45, 2.75) is 11.6 Å². The molecule has 2 aromatic heterocycles. The SMILES string of the molecule is COCCN(Cc1ccsc1)C(=O)c1cccnc1SC. The fourth-order valence-corrected chi connectivity index (χ4v) is 3.14. The minimum atomic E-state index is -0.00398. The predicted molar refractivity (Wildman–Crippen MR) is 87.0 cm³/mol. The maximum Gasteiger partial charge on any atom is 0.256 e. The Morgan fingerprint density at radius 1 is 1.48 bits per heavy atom. The second-order valence-corrected chi connectivity index (χ2v) is 5.99. The first-order valence-corrected chi connectivity index (χ1v) is 8.71. The monoisotopic (exact) mass is 322 g/mol. The van der Waals surface area contributed by atoms with E-state index >= 15 is 0 Å². The predicted octanol–water partition coefficient (Wildman–Crippen LogP) is 3.15. The van der Waals surface area contributed by atoms with Crippen molar-refractivity contribution in [3.05, 3.63) is 46.3 Å². The highest BCUT2D eigenvalue weighted by molar-refractivity contribution is 7.98. The van der Waals surface area contributed by atoms with E-state index in [1.807, 2.05) is 28.7 Å². The van der Waals surface area contributed by atoms with Crippen LogP contribution in [0.5, 0.6) is 0 Å². The van der Waals surface area contributed by atoms with Crippen LogP contribution in [0.1, 0.15) is 15.9 Å². The molecule has 0 aromatic carbocycles. The summed E-state index contributed by atoms with van der Waals surface area (Å²) in [5.74, 6) is -0.00398. The highest BCUT2D eigenvalue weighted by atomic mass is 32.2. The highest BCUT2D eigenvalue weighted by Gasteiger charge is 2.19. The van der Waals surface area contributed by atoms with E-state index in [2.05, 4.69) is 10.4 Å². The number of thioether (sulfide) groups is 1. The van der Waals surface area contributed by atoms with Gasteiger partial charge in [0.2, 0.25) is 0 Å². The summed E-state index contributed by atoms with van der Waals surface area (Å²) < 4.78 is 5.12. The number of nitrogens with zero attached hydrogens (tertiary/aromatic N) is 2. The lowest BCUT2D eigenvalue weighted by Crippen LogP contribution is -2.33. The summed E-state index contributed by atoms with van der Waals surface area (Å²) in [5, 5.41) is 4.84. The number of aromatic nitrogens is 1. The number of pyridine rings is 1. The van der Waals surface area contributed by atoms with Gasteiger partial charge in [0.05, 0.1) is 12.2 Å². The van der Waals surface area contributed by atoms with Gasteiger partial charge in [0.15, 0.2) is 0 Å². The number of carbonyl (C=O) groups excluding carboxylic acids is 1. The van der Waals surface area contributed by atoms with Gasteiger partial charge in [0, 0.05) is 26.4 Å². The summed E-state index contributed by atoms with van der Waals surface area (Å²) >= 11 is 3.12. The molecule has 2 heterocycles. The largest absolute Gasteiger partial charge is 0.383 e. The Hall–Kier alpha value is -1.37. The molecule has 1 amide bonds. The average molecular weight is 322 g/mol. The lowest BCUT2D eigenvalue weighted by atomic mass is 10.2. The molecule has 4 nitrogen and oxygen atoms in total. The molecule has 0 saturated heterocycles. The normalized spacial score (nSPS) is 10.6. The van der Waals surface area contributed by atoms with Crippen molar-refractivity contribution in [1.82, 2.24) is 9.88 Å². The number of ether oxygens (including phenoxy) is 1. The molecule has 0 spiro atoms. The van der Waals surface area contributed by atoms with Crippen LogP contribution in [0.2, 0.25) is 0 Å². The van der Waals surface area contributed by atoms with Crippen LogP contribution in [0.15, 0.2) is 40.2 Å². The van der Waals surface area contributed by atoms with Gasteiger partial charge >= 0.3 is 0 Å². The van der Waals surface area contributed by atoms with Crippen molar-refractivity contribution in [2.24, 2.45) is 0 Å². The van der Waals surface area contributed by atoms with Gasteiger partial charge in [-0.2, -0.15) is 11.3 Å². The molecule has 0 bridgehead atoms. The zero-order valence-corrected chi connectivity index (χ0v) is 13.7. The van der Waals surface area contributed by atoms with Gasteiger partial charge in [-0.25, -0.2) is 4.98 Å². The van der Waals surface area contributed by atoms with Crippen LogP contribution in [-0.2, 0) is 11.3 Å². The van der Waals surface area contributed by atoms with Crippen LogP contribution >= 0.6 is 23.1 Å². The second kappa shape index (κ2) is 8.17. The molecule has 0 aliphatic carbocycles. The van der Waals surface area contributed by atoms with Crippen LogP contribution in [-0.4, -0.2) is 42.3 Å². The Labute approximate surface area is 133 Å². The minimum absolute atomic E-state index is 0.00398. The van der Waals surface area contributed by atoms with E-state index in [9.17, 15) is 4.79 Å². The average Bonchev–Trinajstić information content (AvgIpc) is 3.03. The third-order valence-corrected chi connectivity index (χ3v) is 4.45. The standard InChI is InChI=1S/C15H18N2O2S2/c1-19-8-7-17(10-12-5-9-21-11-12)15(18)13-4-3-6-16-14(13)20-2/h3-6,9,11H,7-8,10H2,1-2H3. The van der Waals surface area contributed by atoms with Crippen LogP contribution < -0.4 is 0 Å². The first-order chi connectivity index (χ1) is 10.3. The first-order valence-electron chi connectivity index (χ1n) is 6.54. The number of amides is 1. The topological polar surface area (TPSA) is 42.4 Å². The second-order valence-electron chi connectivity index (χ2n) is 4.41. The molecule has 0 atom stereocenters. The van der Waals surface area contributed by atoms with E-state index in [1.165, 1.54) is 11.8 Å². The Kier molecular flexibility index (Phi) is 6.22. The Morgan fingerprint density at radius 2 is 2.33 bits per heavy atom. The third kappa shape index (κ3) is 4.30. The molecule has 0 radical (unpaired) electrons. The maximum atomic E-state index is 12.8. The van der Waals surface area contributed by atoms with Gasteiger partial charge in [-0.05, 0) is 40.8 Å². The summed E-state index contributed by atoms with van der Waals surface area (Å²) in [5.41, 5.74) is 1.79. The Balaban J connectivity index is 2.20. The van der Waals surface area contributed by atoms with Crippen LogP contribution in [0.25, 0.3) is 0 Å². The molecule has 2 rings (SSSR count). The first kappa shape index (κ1) is 16.0. The molecule has 0 saturated carbocycles. The fraction of sp³-hybridized carbons (Fsp3) is 0.333. The van der Waals surface area contributed by atoms with Gasteiger partial charge in [-0.3, -0.25) is 4.79 Å². The number of rotatable bonds is 7. The van der Waals surface area contributed by atoms with Crippen LogP contribution in [0, 0.1) is 0 Å². The molecule has 0 aliphatic heterocycles. The zero-order chi connectivity index (χ0) is 15.1. The van der Waals surface area contributed by atoms with Crippen molar-refractivity contribution in [2.75, 3.05) is 26.5 Å². The van der Waals surface area contributed by atoms with Crippen LogP contribution in [0.4, 0.5) is 0 Å². The fourth-order valence-electron chi connectivity index (χ4n) is 1.94. The van der Waals surface area contributed by atoms with Gasteiger partial charge in [-0.15, -0.1) is 11.8 Å². The summed E-state index contributed by atoms with van der Waals surface area (Å²) in [7, 11) is 1.64. The van der Waals surface area contributed by atoms with E-state index in [0.29, 0.717) is 25.3 Å². The molecule has 21 heavy (non-hydrogen) atoms. The van der Waals surface area contributed by atoms with Crippen molar-refractivity contribution < 1.29 is 9.53 Å². The van der Waals surface area contributed by atoms with Crippen LogP contribution in [0.3, 0.4) is 0 Å². The van der Waals surface area contributed by atoms with Crippen molar-refractivity contribution in [3.63, 3.8) is 0 Å². The molecule has 0 unspecified atom stereocenters. The molecule has 6 heteroatoms. The molecule has 0 fully saturated rings. The Morgan fingerprint density at radius 3 is 3.00 bits per heavy atom. The number of methoxy groups -OCH3 is 1. The van der Waals surface area contributed by atoms with E-state index in [0.717, 1.165) is 10.6 Å². The van der Waals surface area contributed by atoms with E-state index < -0.39 is 0 Å².